The van der Waals surface area contributed by atoms with E-state index >= 15 is 0 Å². The number of benzene rings is 1. The van der Waals surface area contributed by atoms with Gasteiger partial charge in [0.2, 0.25) is 11.6 Å². The zero-order valence-electron chi connectivity index (χ0n) is 12.2. The van der Waals surface area contributed by atoms with Gasteiger partial charge in [0, 0.05) is 23.4 Å². The normalized spacial score (nSPS) is 14.4. The number of nitrogens with one attached hydrogen (secondary N) is 1. The third-order valence-corrected chi connectivity index (χ3v) is 2.85. The number of allylic oxidation sites excluding steroid dienone is 1. The Hall–Kier alpha value is -2.10. The molecule has 0 heterocycles. The highest BCUT2D eigenvalue weighted by atomic mass is 16.5. The summed E-state index contributed by atoms with van der Waals surface area (Å²) in [7, 11) is 0. The van der Waals surface area contributed by atoms with Gasteiger partial charge in [-0.15, -0.1) is 0 Å². The summed E-state index contributed by atoms with van der Waals surface area (Å²) in [5.74, 6) is -0.557. The third kappa shape index (κ3) is 2.74. The summed E-state index contributed by atoms with van der Waals surface area (Å²) in [6.07, 6.45) is 1.22. The fourth-order valence-electron chi connectivity index (χ4n) is 2.17. The molecule has 1 aromatic rings. The number of carbonyl (C=O) groups is 2. The average Bonchev–Trinajstić information content (AvgIpc) is 2.34. The lowest BCUT2D eigenvalue weighted by Gasteiger charge is -2.22. The lowest BCUT2D eigenvalue weighted by Crippen LogP contribution is -2.23. The van der Waals surface area contributed by atoms with Gasteiger partial charge in [-0.05, 0) is 33.8 Å². The van der Waals surface area contributed by atoms with Gasteiger partial charge in [0.15, 0.2) is 0 Å². The van der Waals surface area contributed by atoms with Crippen LogP contribution in [0.15, 0.2) is 24.3 Å². The first-order valence-corrected chi connectivity index (χ1v) is 6.77. The van der Waals surface area contributed by atoms with Crippen LogP contribution in [0.3, 0.4) is 0 Å². The summed E-state index contributed by atoms with van der Waals surface area (Å²) < 4.78 is 5.66. The largest absolute Gasteiger partial charge is 0.490 e. The molecule has 0 unspecified atom stereocenters. The molecule has 0 fully saturated rings. The number of fused-ring (bicyclic) bond motifs is 1. The fourth-order valence-corrected chi connectivity index (χ4v) is 2.17. The quantitative estimate of drug-likeness (QED) is 0.857. The lowest BCUT2D eigenvalue weighted by atomic mass is 9.92. The molecule has 0 saturated heterocycles. The van der Waals surface area contributed by atoms with Gasteiger partial charge in [0.05, 0.1) is 11.7 Å². The van der Waals surface area contributed by atoms with Gasteiger partial charge in [0.25, 0.3) is 0 Å². The fraction of sp³-hybridized carbons (Fsp3) is 0.375. The second kappa shape index (κ2) is 5.49. The molecule has 4 heteroatoms. The lowest BCUT2D eigenvalue weighted by molar-refractivity contribution is -0.111. The van der Waals surface area contributed by atoms with Crippen molar-refractivity contribution in [3.63, 3.8) is 0 Å². The van der Waals surface area contributed by atoms with Crippen LogP contribution in [0.5, 0.6) is 0 Å². The molecule has 0 saturated carbocycles. The SMILES string of the molecule is CC(C)Nc1cccc2c1C(=O)C(=O)C=C2OC(C)C. The number of hydrogen-bond acceptors (Lipinski definition) is 4. The maximum absolute atomic E-state index is 12.2. The van der Waals surface area contributed by atoms with Crippen molar-refractivity contribution in [1.82, 2.24) is 0 Å². The highest BCUT2D eigenvalue weighted by molar-refractivity contribution is 6.51. The molecule has 0 amide bonds. The second-order valence-electron chi connectivity index (χ2n) is 5.40. The molecule has 4 nitrogen and oxygen atoms in total. The van der Waals surface area contributed by atoms with Crippen LogP contribution in [0, 0.1) is 0 Å². The van der Waals surface area contributed by atoms with Crippen LogP contribution in [0.2, 0.25) is 0 Å². The van der Waals surface area contributed by atoms with Gasteiger partial charge in [-0.25, -0.2) is 0 Å². The van der Waals surface area contributed by atoms with Crippen LogP contribution < -0.4 is 5.32 Å². The Balaban J connectivity index is 2.54. The Bertz CT molecular complexity index is 585. The average molecular weight is 273 g/mol. The van der Waals surface area contributed by atoms with E-state index in [0.29, 0.717) is 22.6 Å². The van der Waals surface area contributed by atoms with Gasteiger partial charge in [-0.2, -0.15) is 0 Å². The Morgan fingerprint density at radius 2 is 1.80 bits per heavy atom. The number of rotatable bonds is 4. The van der Waals surface area contributed by atoms with Gasteiger partial charge in [-0.3, -0.25) is 9.59 Å². The number of ether oxygens (including phenoxy) is 1. The summed E-state index contributed by atoms with van der Waals surface area (Å²) in [5.41, 5.74) is 1.76. The van der Waals surface area contributed by atoms with Crippen LogP contribution in [0.1, 0.15) is 43.6 Å². The zero-order chi connectivity index (χ0) is 14.9. The second-order valence-corrected chi connectivity index (χ2v) is 5.40. The van der Waals surface area contributed by atoms with E-state index in [1.54, 1.807) is 6.07 Å². The molecule has 0 bridgehead atoms. The molecule has 0 radical (unpaired) electrons. The zero-order valence-corrected chi connectivity index (χ0v) is 12.2. The molecular formula is C16H19NO3. The molecule has 0 aromatic heterocycles. The smallest absolute Gasteiger partial charge is 0.235 e. The van der Waals surface area contributed by atoms with E-state index in [1.807, 2.05) is 39.8 Å². The summed E-state index contributed by atoms with van der Waals surface area (Å²) in [4.78, 5) is 24.0. The van der Waals surface area contributed by atoms with Crippen LogP contribution in [0.25, 0.3) is 5.76 Å². The first-order chi connectivity index (χ1) is 9.40. The van der Waals surface area contributed by atoms with Crippen molar-refractivity contribution >= 4 is 23.0 Å². The molecule has 2 rings (SSSR count). The summed E-state index contributed by atoms with van der Waals surface area (Å²) in [6.45, 7) is 7.74. The number of Topliss-reactive ketones (excluding diaryl/α,β-unsaturated/α-hetero) is 1. The number of hydrogen-bond donors (Lipinski definition) is 1. The summed E-state index contributed by atoms with van der Waals surface area (Å²) in [6, 6.07) is 5.64. The van der Waals surface area contributed by atoms with Crippen LogP contribution in [-0.4, -0.2) is 23.7 Å². The van der Waals surface area contributed by atoms with E-state index in [0.717, 1.165) is 0 Å². The van der Waals surface area contributed by atoms with Crippen molar-refractivity contribution in [1.29, 1.82) is 0 Å². The molecule has 20 heavy (non-hydrogen) atoms. The van der Waals surface area contributed by atoms with Crippen LogP contribution in [0.4, 0.5) is 5.69 Å². The third-order valence-electron chi connectivity index (χ3n) is 2.85. The van der Waals surface area contributed by atoms with Crippen molar-refractivity contribution < 1.29 is 14.3 Å². The maximum Gasteiger partial charge on any atom is 0.235 e. The number of anilines is 1. The maximum atomic E-state index is 12.2. The number of carbonyl (C=O) groups excluding carboxylic acids is 2. The molecule has 1 aliphatic rings. The molecular weight excluding hydrogens is 254 g/mol. The van der Waals surface area contributed by atoms with E-state index in [4.69, 9.17) is 4.74 Å². The van der Waals surface area contributed by atoms with Crippen LogP contribution in [-0.2, 0) is 9.53 Å². The topological polar surface area (TPSA) is 55.4 Å². The minimum absolute atomic E-state index is 0.0585. The summed E-state index contributed by atoms with van der Waals surface area (Å²) in [5, 5.41) is 3.20. The van der Waals surface area contributed by atoms with E-state index < -0.39 is 11.6 Å². The van der Waals surface area contributed by atoms with Crippen LogP contribution >= 0.6 is 0 Å². The van der Waals surface area contributed by atoms with Crippen molar-refractivity contribution in [2.24, 2.45) is 0 Å². The monoisotopic (exact) mass is 273 g/mol. The minimum atomic E-state index is -0.536. The van der Waals surface area contributed by atoms with Crippen molar-refractivity contribution in [2.45, 2.75) is 39.8 Å². The number of ketones is 2. The Labute approximate surface area is 118 Å². The molecule has 0 atom stereocenters. The molecule has 0 spiro atoms. The van der Waals surface area contributed by atoms with Gasteiger partial charge < -0.3 is 10.1 Å². The minimum Gasteiger partial charge on any atom is -0.490 e. The van der Waals surface area contributed by atoms with Crippen molar-refractivity contribution in [3.05, 3.63) is 35.4 Å². The molecule has 0 aliphatic heterocycles. The molecule has 1 aromatic carbocycles. The van der Waals surface area contributed by atoms with E-state index in [2.05, 4.69) is 5.32 Å². The molecule has 1 aliphatic carbocycles. The van der Waals surface area contributed by atoms with Gasteiger partial charge >= 0.3 is 0 Å². The highest BCUT2D eigenvalue weighted by Gasteiger charge is 2.29. The van der Waals surface area contributed by atoms with Crippen molar-refractivity contribution in [2.75, 3.05) is 5.32 Å². The predicted octanol–water partition coefficient (Wildman–Crippen LogP) is 3.04. The predicted molar refractivity (Wildman–Crippen MR) is 78.7 cm³/mol. The Morgan fingerprint density at radius 1 is 1.10 bits per heavy atom. The van der Waals surface area contributed by atoms with E-state index in [1.165, 1.54) is 6.08 Å². The highest BCUT2D eigenvalue weighted by Crippen LogP contribution is 2.32. The van der Waals surface area contributed by atoms with Gasteiger partial charge in [-0.1, -0.05) is 12.1 Å². The van der Waals surface area contributed by atoms with Gasteiger partial charge in [0.1, 0.15) is 5.76 Å². The summed E-state index contributed by atoms with van der Waals surface area (Å²) >= 11 is 0. The van der Waals surface area contributed by atoms with Crippen molar-refractivity contribution in [3.8, 4) is 0 Å². The standard InChI is InChI=1S/C16H19NO3/c1-9(2)17-12-7-5-6-11-14(20-10(3)4)8-13(18)16(19)15(11)12/h5-10,17H,1-4H3. The first-order valence-electron chi connectivity index (χ1n) is 6.77. The Morgan fingerprint density at radius 3 is 2.40 bits per heavy atom. The van der Waals surface area contributed by atoms with E-state index in [9.17, 15) is 9.59 Å². The Kier molecular flexibility index (Phi) is 3.93. The van der Waals surface area contributed by atoms with E-state index in [-0.39, 0.29) is 12.1 Å². The molecule has 106 valence electrons. The molecule has 1 N–H and O–H groups in total. The first kappa shape index (κ1) is 14.3.